The van der Waals surface area contributed by atoms with Crippen LogP contribution in [0.1, 0.15) is 63.8 Å². The quantitative estimate of drug-likeness (QED) is 0.124. The predicted molar refractivity (Wildman–Crippen MR) is 194 cm³/mol. The first-order chi connectivity index (χ1) is 20.2. The maximum atomic E-state index is 2.58. The molecule has 224 valence electrons. The molecule has 0 bridgehead atoms. The Kier molecular flexibility index (Phi) is 8.53. The molecule has 0 aliphatic rings. The zero-order chi connectivity index (χ0) is 30.9. The summed E-state index contributed by atoms with van der Waals surface area (Å²) in [7, 11) is -2.18. The van der Waals surface area contributed by atoms with Crippen molar-refractivity contribution >= 4 is 40.0 Å². The van der Waals surface area contributed by atoms with Gasteiger partial charge in [0.2, 0.25) is 0 Å². The minimum atomic E-state index is -2.18. The summed E-state index contributed by atoms with van der Waals surface area (Å²) < 4.78 is 0. The smallest absolute Gasteiger partial charge is 0.00105 e. The first-order valence-corrected chi connectivity index (χ1v) is 18.8. The summed E-state index contributed by atoms with van der Waals surface area (Å²) in [5.41, 5.74) is 11.2. The van der Waals surface area contributed by atoms with E-state index < -0.39 is 8.07 Å². The van der Waals surface area contributed by atoms with Crippen molar-refractivity contribution in [3.05, 3.63) is 119 Å². The third kappa shape index (κ3) is 5.58. The number of benzene rings is 4. The molecule has 0 atom stereocenters. The molecule has 0 fully saturated rings. The molecule has 0 radical (unpaired) electrons. The number of rotatable bonds is 4. The van der Waals surface area contributed by atoms with Crippen molar-refractivity contribution in [2.45, 2.75) is 79.3 Å². The van der Waals surface area contributed by atoms with Crippen molar-refractivity contribution in [1.82, 2.24) is 0 Å². The fraction of sp³-hybridized carbons (Fsp3) is 0.286. The van der Waals surface area contributed by atoms with Crippen LogP contribution in [0.3, 0.4) is 0 Å². The molecule has 0 saturated heterocycles. The Bertz CT molecular complexity index is 1800. The van der Waals surface area contributed by atoms with Gasteiger partial charge in [0, 0.05) is 33.9 Å². The van der Waals surface area contributed by atoms with E-state index in [-0.39, 0.29) is 36.7 Å². The van der Waals surface area contributed by atoms with Crippen LogP contribution in [0.2, 0.25) is 13.1 Å². The molecule has 0 spiro atoms. The molecule has 0 aliphatic carbocycles. The van der Waals surface area contributed by atoms with Crippen LogP contribution in [0.15, 0.2) is 97.1 Å². The van der Waals surface area contributed by atoms with Crippen molar-refractivity contribution in [2.75, 3.05) is 0 Å². The van der Waals surface area contributed by atoms with Crippen LogP contribution in [-0.4, -0.2) is 8.07 Å². The fourth-order valence-electron chi connectivity index (χ4n) is 7.46. The first kappa shape index (κ1) is 32.6. The van der Waals surface area contributed by atoms with Crippen LogP contribution >= 0.6 is 0 Å². The Morgan fingerprint density at radius 2 is 0.841 bits per heavy atom. The Morgan fingerprint density at radius 3 is 1.16 bits per heavy atom. The van der Waals surface area contributed by atoms with E-state index in [1.807, 2.05) is 0 Å². The standard InChI is InChI=1S/C42H46Si.Hf/c1-27-25-31-13-11-15-35(29-17-21-33(22-18-29)41(3,4)5)37(31)39(27)43(9,10)40-28(2)26-32-14-12-16-36(38(32)40)30-19-23-34(24-20-30)42(6,7)8;/h11-26H,1-10H3;/q-2;. The average molecular weight is 757 g/mol. The third-order valence-electron chi connectivity index (χ3n) is 9.60. The van der Waals surface area contributed by atoms with Crippen LogP contribution in [0.25, 0.3) is 43.8 Å². The molecule has 6 rings (SSSR count). The minimum Gasteiger partial charge on any atom is -0.158 e. The van der Waals surface area contributed by atoms with Gasteiger partial charge in [-0.3, -0.25) is 0 Å². The number of hydrogen-bond donors (Lipinski definition) is 0. The summed E-state index contributed by atoms with van der Waals surface area (Å²) in [6.45, 7) is 23.6. The first-order valence-electron chi connectivity index (χ1n) is 15.8. The molecular weight excluding hydrogens is 711 g/mol. The molecule has 6 aromatic rings. The molecule has 0 aromatic heterocycles. The van der Waals surface area contributed by atoms with Crippen molar-refractivity contribution in [3.63, 3.8) is 0 Å². The second-order valence-electron chi connectivity index (χ2n) is 15.2. The maximum Gasteiger partial charge on any atom is 0.00105 e. The average Bonchev–Trinajstić information content (AvgIpc) is 3.48. The molecule has 0 saturated carbocycles. The van der Waals surface area contributed by atoms with Crippen molar-refractivity contribution < 1.29 is 25.8 Å². The molecule has 44 heavy (non-hydrogen) atoms. The maximum absolute atomic E-state index is 2.58. The monoisotopic (exact) mass is 758 g/mol. The summed E-state index contributed by atoms with van der Waals surface area (Å²) in [5, 5.41) is 8.76. The SMILES string of the molecule is Cc1[cH-]c2cccc(-c3ccc(C(C)(C)C)cc3)c2c1[Si](C)(C)c1c(C)[cH-]c2cccc(-c3ccc(C(C)(C)C)cc3)c12.[Hf]. The summed E-state index contributed by atoms with van der Waals surface area (Å²) in [5.74, 6) is 0. The molecule has 2 heteroatoms. The summed E-state index contributed by atoms with van der Waals surface area (Å²) >= 11 is 0. The zero-order valence-corrected chi connectivity index (χ0v) is 32.8. The molecule has 0 N–H and O–H groups in total. The van der Waals surface area contributed by atoms with E-state index >= 15 is 0 Å². The largest absolute Gasteiger partial charge is 0.158 e. The van der Waals surface area contributed by atoms with Gasteiger partial charge in [-0.2, -0.15) is 10.4 Å². The van der Waals surface area contributed by atoms with Crippen LogP contribution in [0.4, 0.5) is 0 Å². The van der Waals surface area contributed by atoms with E-state index in [0.29, 0.717) is 0 Å². The topological polar surface area (TPSA) is 0 Å². The molecule has 0 nitrogen and oxygen atoms in total. The van der Waals surface area contributed by atoms with Crippen molar-refractivity contribution in [3.8, 4) is 22.3 Å². The summed E-state index contributed by atoms with van der Waals surface area (Å²) in [4.78, 5) is 0. The van der Waals surface area contributed by atoms with Crippen LogP contribution < -0.4 is 10.4 Å². The van der Waals surface area contributed by atoms with Gasteiger partial charge in [0.15, 0.2) is 0 Å². The van der Waals surface area contributed by atoms with Crippen molar-refractivity contribution in [1.29, 1.82) is 0 Å². The van der Waals surface area contributed by atoms with Gasteiger partial charge in [0.1, 0.15) is 0 Å². The number of aryl methyl sites for hydroxylation is 2. The van der Waals surface area contributed by atoms with E-state index in [2.05, 4.69) is 166 Å². The van der Waals surface area contributed by atoms with Gasteiger partial charge >= 0.3 is 0 Å². The van der Waals surface area contributed by atoms with Crippen molar-refractivity contribution in [2.24, 2.45) is 0 Å². The predicted octanol–water partition coefficient (Wildman–Crippen LogP) is 10.8. The van der Waals surface area contributed by atoms with E-state index in [9.17, 15) is 0 Å². The van der Waals surface area contributed by atoms with Gasteiger partial charge in [-0.05, 0) is 33.1 Å². The zero-order valence-electron chi connectivity index (χ0n) is 28.2. The molecule has 0 amide bonds. The van der Waals surface area contributed by atoms with E-state index in [1.165, 1.54) is 66.1 Å². The van der Waals surface area contributed by atoms with E-state index in [4.69, 9.17) is 0 Å². The molecule has 0 unspecified atom stereocenters. The molecule has 0 aliphatic heterocycles. The summed E-state index contributed by atoms with van der Waals surface area (Å²) in [6.07, 6.45) is 0. The van der Waals surface area contributed by atoms with E-state index in [0.717, 1.165) is 0 Å². The third-order valence-corrected chi connectivity index (χ3v) is 13.4. The van der Waals surface area contributed by atoms with Gasteiger partial charge in [-0.1, -0.05) is 140 Å². The van der Waals surface area contributed by atoms with Crippen LogP contribution in [0, 0.1) is 13.8 Å². The van der Waals surface area contributed by atoms with E-state index in [1.54, 1.807) is 10.4 Å². The fourth-order valence-corrected chi connectivity index (χ4v) is 11.6. The number of hydrogen-bond acceptors (Lipinski definition) is 0. The van der Waals surface area contributed by atoms with Gasteiger partial charge in [0.25, 0.3) is 0 Å². The molecule has 6 aromatic carbocycles. The van der Waals surface area contributed by atoms with Crippen LogP contribution in [0.5, 0.6) is 0 Å². The Hall–Kier alpha value is -2.81. The number of fused-ring (bicyclic) bond motifs is 2. The Balaban J connectivity index is 0.00000384. The second kappa shape index (κ2) is 11.5. The second-order valence-corrected chi connectivity index (χ2v) is 19.5. The van der Waals surface area contributed by atoms with Crippen LogP contribution in [-0.2, 0) is 36.7 Å². The molecule has 0 heterocycles. The van der Waals surface area contributed by atoms with Gasteiger partial charge in [-0.15, -0.1) is 69.1 Å². The minimum absolute atomic E-state index is 0. The van der Waals surface area contributed by atoms with Gasteiger partial charge in [0.05, 0.1) is 0 Å². The normalized spacial score (nSPS) is 12.6. The summed E-state index contributed by atoms with van der Waals surface area (Å²) in [6, 6.07) is 37.2. The van der Waals surface area contributed by atoms with Gasteiger partial charge < -0.3 is 0 Å². The Labute approximate surface area is 285 Å². The molecular formula is C42H46HfSi-2. The Morgan fingerprint density at radius 1 is 0.500 bits per heavy atom. The van der Waals surface area contributed by atoms with Gasteiger partial charge in [-0.25, -0.2) is 0 Å².